The third-order valence-electron chi connectivity index (χ3n) is 4.47. The molecule has 1 aliphatic heterocycles. The molecule has 0 aromatic carbocycles. The third kappa shape index (κ3) is 7.02. The van der Waals surface area contributed by atoms with Gasteiger partial charge < -0.3 is 15.6 Å². The van der Waals surface area contributed by atoms with E-state index in [0.717, 1.165) is 33.0 Å². The topological polar surface area (TPSA) is 226 Å². The van der Waals surface area contributed by atoms with E-state index < -0.39 is 59.8 Å². The molecule has 0 aliphatic carbocycles. The maximum atomic E-state index is 12.8. The maximum absolute atomic E-state index is 12.8. The Morgan fingerprint density at radius 3 is 2.15 bits per heavy atom. The molecule has 1 aromatic heterocycles. The van der Waals surface area contributed by atoms with E-state index in [1.54, 1.807) is 0 Å². The Morgan fingerprint density at radius 1 is 1.06 bits per heavy atom. The van der Waals surface area contributed by atoms with Crippen molar-refractivity contribution in [2.24, 2.45) is 5.73 Å². The largest absolute Gasteiger partial charge is 0.492 e. The second-order valence-corrected chi connectivity index (χ2v) is 12.2. The van der Waals surface area contributed by atoms with Gasteiger partial charge in [0.25, 0.3) is 5.56 Å². The van der Waals surface area contributed by atoms with Crippen LogP contribution in [0.1, 0.15) is 18.2 Å². The molecule has 0 amide bonds. The summed E-state index contributed by atoms with van der Waals surface area (Å²) in [5.41, 5.74) is 4.12. The fraction of sp³-hybridized carbons (Fsp3) is 0.714. The normalized spacial score (nSPS) is 24.6. The molecule has 0 saturated carbocycles. The lowest BCUT2D eigenvalue weighted by atomic mass is 10.2. The average Bonchev–Trinajstić information content (AvgIpc) is 3.17. The van der Waals surface area contributed by atoms with Crippen molar-refractivity contribution in [2.75, 3.05) is 35.0 Å². The first kappa shape index (κ1) is 29.2. The zero-order valence-electron chi connectivity index (χ0n) is 18.6. The molecule has 1 aromatic rings. The Balaban J connectivity index is 2.13. The fourth-order valence-corrected chi connectivity index (χ4v) is 7.12. The molecular weight excluding hydrogens is 527 g/mol. The van der Waals surface area contributed by atoms with Gasteiger partial charge in [-0.2, -0.15) is 8.62 Å². The summed E-state index contributed by atoms with van der Waals surface area (Å²) in [4.78, 5) is 25.9. The van der Waals surface area contributed by atoms with E-state index in [9.17, 15) is 28.4 Å². The van der Waals surface area contributed by atoms with Gasteiger partial charge in [-0.15, -0.1) is 0 Å². The quantitative estimate of drug-likeness (QED) is 0.284. The number of hydrogen-bond donors (Lipinski definition) is 3. The molecule has 5 atom stereocenters. The predicted octanol–water partition coefficient (Wildman–Crippen LogP) is 0.603. The lowest BCUT2D eigenvalue weighted by Crippen LogP contribution is -2.35. The van der Waals surface area contributed by atoms with Crippen LogP contribution in [0, 0.1) is 0 Å². The number of nitrogens with zero attached hydrogens (tertiary/aromatic N) is 1. The number of nitrogens with two attached hydrogens (primary N) is 1. The van der Waals surface area contributed by atoms with Crippen LogP contribution < -0.4 is 17.0 Å². The molecule has 1 aliphatic rings. The van der Waals surface area contributed by atoms with Crippen LogP contribution in [0.5, 0.6) is 0 Å². The first-order valence-electron chi connectivity index (χ1n) is 9.35. The van der Waals surface area contributed by atoms with Crippen LogP contribution in [0.25, 0.3) is 0 Å². The van der Waals surface area contributed by atoms with E-state index in [1.165, 1.54) is 6.20 Å². The molecule has 196 valence electrons. The van der Waals surface area contributed by atoms with Gasteiger partial charge in [0, 0.05) is 53.2 Å². The molecule has 1 saturated heterocycles. The smallest absolute Gasteiger partial charge is 0.390 e. The van der Waals surface area contributed by atoms with Crippen LogP contribution in [-0.4, -0.2) is 61.9 Å². The summed E-state index contributed by atoms with van der Waals surface area (Å²) in [6.07, 6.45) is -2.32. The van der Waals surface area contributed by atoms with E-state index in [0.29, 0.717) is 0 Å². The van der Waals surface area contributed by atoms with Crippen molar-refractivity contribution in [2.45, 2.75) is 31.4 Å². The fourth-order valence-electron chi connectivity index (χ4n) is 2.66. The Morgan fingerprint density at radius 2 is 1.62 bits per heavy atom. The minimum absolute atomic E-state index is 0.104. The number of hydrogen-bond acceptors (Lipinski definition) is 15. The number of phosphoric acid groups is 3. The van der Waals surface area contributed by atoms with E-state index in [2.05, 4.69) is 27.4 Å². The zero-order valence-corrected chi connectivity index (χ0v) is 21.2. The molecule has 34 heavy (non-hydrogen) atoms. The van der Waals surface area contributed by atoms with Crippen molar-refractivity contribution >= 4 is 23.5 Å². The Kier molecular flexibility index (Phi) is 10.1. The Hall–Kier alpha value is -1.03. The van der Waals surface area contributed by atoms with Gasteiger partial charge in [0.2, 0.25) is 0 Å². The second kappa shape index (κ2) is 11.8. The van der Waals surface area contributed by atoms with Crippen molar-refractivity contribution in [1.82, 2.24) is 9.55 Å². The molecule has 20 heteroatoms. The average molecular weight is 553 g/mol. The molecule has 3 unspecified atom stereocenters. The highest BCUT2D eigenvalue weighted by atomic mass is 31.3. The number of H-pyrrole nitrogens is 1. The number of ether oxygens (including phenoxy) is 1. The SMILES string of the molecule is COP(=O)(OC)OP(=O)(OC)OP(=O)(OC)OC[C@H]1O[C@@H](n2cc(CN)c(=O)[nH]c2=O)CC1O. The summed E-state index contributed by atoms with van der Waals surface area (Å²) in [5, 5.41) is 10.3. The molecule has 4 N–H and O–H groups in total. The summed E-state index contributed by atoms with van der Waals surface area (Å²) in [7, 11) is -10.4. The monoisotopic (exact) mass is 553 g/mol. The van der Waals surface area contributed by atoms with Gasteiger partial charge in [-0.05, 0) is 0 Å². The highest BCUT2D eigenvalue weighted by Crippen LogP contribution is 2.72. The second-order valence-electron chi connectivity index (χ2n) is 6.49. The van der Waals surface area contributed by atoms with Crippen LogP contribution in [-0.2, 0) is 56.2 Å². The minimum atomic E-state index is -4.87. The van der Waals surface area contributed by atoms with Gasteiger partial charge in [0.1, 0.15) is 12.3 Å². The van der Waals surface area contributed by atoms with Crippen molar-refractivity contribution in [1.29, 1.82) is 0 Å². The standard InChI is InChI=1S/C14H26N3O14P3/c1-24-32(21,25-2)30-34(23,27-4)31-33(22,26-3)28-8-11-10(18)5-12(29-11)17-7-9(6-15)13(19)16-14(17)20/h7,10-12,18H,5-6,8,15H2,1-4H3,(H,16,19,20)/t10?,11-,12-,33?,34?/m1/s1. The summed E-state index contributed by atoms with van der Waals surface area (Å²) in [6, 6.07) is 0. The van der Waals surface area contributed by atoms with Crippen molar-refractivity contribution in [3.05, 3.63) is 32.6 Å². The molecule has 2 rings (SSSR count). The van der Waals surface area contributed by atoms with E-state index in [1.807, 2.05) is 0 Å². The number of nitrogens with one attached hydrogen (secondary N) is 1. The van der Waals surface area contributed by atoms with E-state index in [-0.39, 0.29) is 18.5 Å². The van der Waals surface area contributed by atoms with Gasteiger partial charge in [0.05, 0.1) is 12.7 Å². The molecule has 0 spiro atoms. The minimum Gasteiger partial charge on any atom is -0.390 e. The number of aromatic nitrogens is 2. The molecular formula is C14H26N3O14P3. The maximum Gasteiger partial charge on any atom is 0.492 e. The van der Waals surface area contributed by atoms with Crippen molar-refractivity contribution < 1.29 is 54.8 Å². The Labute approximate surface area is 193 Å². The van der Waals surface area contributed by atoms with E-state index in [4.69, 9.17) is 19.3 Å². The van der Waals surface area contributed by atoms with Crippen LogP contribution in [0.3, 0.4) is 0 Å². The van der Waals surface area contributed by atoms with Crippen molar-refractivity contribution in [3.63, 3.8) is 0 Å². The van der Waals surface area contributed by atoms with Gasteiger partial charge in [0.15, 0.2) is 0 Å². The van der Waals surface area contributed by atoms with Gasteiger partial charge in [-0.25, -0.2) is 18.5 Å². The summed E-state index contributed by atoms with van der Waals surface area (Å²) in [5.74, 6) is 0. The van der Waals surface area contributed by atoms with Crippen LogP contribution >= 0.6 is 23.5 Å². The van der Waals surface area contributed by atoms with Crippen LogP contribution in [0.2, 0.25) is 0 Å². The summed E-state index contributed by atoms with van der Waals surface area (Å²) in [6.45, 7) is -0.785. The molecule has 17 nitrogen and oxygen atoms in total. The number of phosphoric ester groups is 2. The number of aliphatic hydroxyl groups is 1. The third-order valence-corrected chi connectivity index (χ3v) is 9.92. The first-order chi connectivity index (χ1) is 15.9. The lowest BCUT2D eigenvalue weighted by molar-refractivity contribution is -0.0458. The number of aromatic amines is 1. The van der Waals surface area contributed by atoms with Gasteiger partial charge in [-0.1, -0.05) is 0 Å². The van der Waals surface area contributed by atoms with Gasteiger partial charge in [-0.3, -0.25) is 37.0 Å². The highest BCUT2D eigenvalue weighted by molar-refractivity contribution is 7.67. The Bertz CT molecular complexity index is 1100. The molecule has 0 bridgehead atoms. The predicted molar refractivity (Wildman–Crippen MR) is 113 cm³/mol. The number of rotatable bonds is 13. The highest BCUT2D eigenvalue weighted by Gasteiger charge is 2.46. The molecule has 0 radical (unpaired) electrons. The summed E-state index contributed by atoms with van der Waals surface area (Å²) < 4.78 is 76.6. The first-order valence-corrected chi connectivity index (χ1v) is 13.7. The molecule has 2 heterocycles. The van der Waals surface area contributed by atoms with Crippen LogP contribution in [0.15, 0.2) is 15.8 Å². The lowest BCUT2D eigenvalue weighted by Gasteiger charge is -2.24. The number of aliphatic hydroxyl groups excluding tert-OH is 1. The van der Waals surface area contributed by atoms with Crippen LogP contribution in [0.4, 0.5) is 0 Å². The van der Waals surface area contributed by atoms with E-state index >= 15 is 0 Å². The zero-order chi connectivity index (χ0) is 25.7. The molecule has 1 fully saturated rings. The summed E-state index contributed by atoms with van der Waals surface area (Å²) >= 11 is 0. The van der Waals surface area contributed by atoms with Crippen molar-refractivity contribution in [3.8, 4) is 0 Å². The van der Waals surface area contributed by atoms with Gasteiger partial charge >= 0.3 is 29.2 Å².